The van der Waals surface area contributed by atoms with Crippen molar-refractivity contribution in [2.75, 3.05) is 0 Å². The van der Waals surface area contributed by atoms with Crippen molar-refractivity contribution < 1.29 is 4.42 Å². The quantitative estimate of drug-likeness (QED) is 0.399. The molecule has 0 saturated carbocycles. The Balaban J connectivity index is 1.97. The van der Waals surface area contributed by atoms with Gasteiger partial charge in [-0.3, -0.25) is 0 Å². The Hall–Kier alpha value is -2.61. The third kappa shape index (κ3) is 2.70. The van der Waals surface area contributed by atoms with Crippen LogP contribution in [0.4, 0.5) is 0 Å². The molecular formula is C24H25NO. The zero-order chi connectivity index (χ0) is 18.5. The number of fused-ring (bicyclic) bond motifs is 2. The fourth-order valence-corrected chi connectivity index (χ4v) is 3.64. The molecule has 2 heterocycles. The fourth-order valence-electron chi connectivity index (χ4n) is 3.64. The summed E-state index contributed by atoms with van der Waals surface area (Å²) >= 11 is 0. The van der Waals surface area contributed by atoms with Crippen molar-refractivity contribution in [1.29, 1.82) is 0 Å². The van der Waals surface area contributed by atoms with Gasteiger partial charge in [-0.05, 0) is 48.1 Å². The highest BCUT2D eigenvalue weighted by atomic mass is 16.3. The lowest BCUT2D eigenvalue weighted by molar-refractivity contribution is 0.580. The maximum absolute atomic E-state index is 5.95. The Morgan fingerprint density at radius 1 is 1.00 bits per heavy atom. The van der Waals surface area contributed by atoms with Crippen molar-refractivity contribution in [1.82, 2.24) is 4.98 Å². The normalized spacial score (nSPS) is 12.2. The number of aromatic nitrogens is 1. The second-order valence-corrected chi connectivity index (χ2v) is 8.04. The monoisotopic (exact) mass is 343 g/mol. The van der Waals surface area contributed by atoms with E-state index in [0.29, 0.717) is 0 Å². The minimum Gasteiger partial charge on any atom is -0.461 e. The third-order valence-corrected chi connectivity index (χ3v) is 5.15. The predicted octanol–water partition coefficient (Wildman–Crippen LogP) is 6.82. The molecule has 4 rings (SSSR count). The topological polar surface area (TPSA) is 26.0 Å². The number of aryl methyl sites for hydroxylation is 2. The van der Waals surface area contributed by atoms with Gasteiger partial charge in [0.1, 0.15) is 11.3 Å². The van der Waals surface area contributed by atoms with Gasteiger partial charge in [0.15, 0.2) is 0 Å². The van der Waals surface area contributed by atoms with E-state index in [9.17, 15) is 0 Å². The molecule has 0 aliphatic heterocycles. The molecule has 0 saturated heterocycles. The fraction of sp³-hybridized carbons (Fsp3) is 0.292. The largest absolute Gasteiger partial charge is 0.461 e. The molecule has 2 heteroatoms. The molecule has 2 aromatic carbocycles. The Bertz CT molecular complexity index is 1110. The van der Waals surface area contributed by atoms with Crippen LogP contribution in [0.3, 0.4) is 0 Å². The minimum atomic E-state index is 0.133. The van der Waals surface area contributed by atoms with E-state index in [0.717, 1.165) is 39.9 Å². The average molecular weight is 343 g/mol. The van der Waals surface area contributed by atoms with Crippen LogP contribution in [0.15, 0.2) is 52.9 Å². The predicted molar refractivity (Wildman–Crippen MR) is 110 cm³/mol. The third-order valence-electron chi connectivity index (χ3n) is 5.15. The van der Waals surface area contributed by atoms with Crippen LogP contribution >= 0.6 is 0 Å². The Labute approximate surface area is 154 Å². The molecule has 2 nitrogen and oxygen atoms in total. The van der Waals surface area contributed by atoms with Crippen LogP contribution in [0.2, 0.25) is 0 Å². The summed E-state index contributed by atoms with van der Waals surface area (Å²) in [5.41, 5.74) is 6.90. The summed E-state index contributed by atoms with van der Waals surface area (Å²) in [6.45, 7) is 11.0. The molecule has 0 unspecified atom stereocenters. The first kappa shape index (κ1) is 16.8. The van der Waals surface area contributed by atoms with Crippen LogP contribution in [0.25, 0.3) is 33.1 Å². The number of pyridine rings is 1. The van der Waals surface area contributed by atoms with Crippen LogP contribution in [0.1, 0.15) is 44.6 Å². The number of nitrogens with zero attached hydrogens (tertiary/aromatic N) is 1. The van der Waals surface area contributed by atoms with E-state index in [1.165, 1.54) is 16.5 Å². The van der Waals surface area contributed by atoms with Crippen molar-refractivity contribution in [2.24, 2.45) is 0 Å². The summed E-state index contributed by atoms with van der Waals surface area (Å²) in [6.07, 6.45) is 0.974. The number of para-hydroxylation sites is 1. The first-order chi connectivity index (χ1) is 12.4. The molecule has 4 aromatic rings. The second-order valence-electron chi connectivity index (χ2n) is 8.04. The average Bonchev–Trinajstić information content (AvgIpc) is 2.95. The lowest BCUT2D eigenvalue weighted by Crippen LogP contribution is -2.11. The van der Waals surface area contributed by atoms with Gasteiger partial charge in [-0.1, -0.05) is 58.0 Å². The SMILES string of the molecule is CCc1cc(C(C)(C)C)cc2ccc(-c3c(C)oc4ccccc34)nc12. The highest BCUT2D eigenvalue weighted by molar-refractivity contribution is 5.96. The van der Waals surface area contributed by atoms with Gasteiger partial charge >= 0.3 is 0 Å². The lowest BCUT2D eigenvalue weighted by Gasteiger charge is -2.21. The molecule has 0 spiro atoms. The van der Waals surface area contributed by atoms with E-state index < -0.39 is 0 Å². The molecule has 0 amide bonds. The molecule has 0 fully saturated rings. The highest BCUT2D eigenvalue weighted by Gasteiger charge is 2.18. The molecule has 0 bridgehead atoms. The minimum absolute atomic E-state index is 0.133. The summed E-state index contributed by atoms with van der Waals surface area (Å²) < 4.78 is 5.95. The smallest absolute Gasteiger partial charge is 0.134 e. The van der Waals surface area contributed by atoms with E-state index in [1.807, 2.05) is 19.1 Å². The number of benzene rings is 2. The first-order valence-corrected chi connectivity index (χ1v) is 9.31. The maximum atomic E-state index is 5.95. The van der Waals surface area contributed by atoms with Gasteiger partial charge in [0, 0.05) is 16.3 Å². The van der Waals surface area contributed by atoms with Crippen molar-refractivity contribution in [2.45, 2.75) is 46.5 Å². The summed E-state index contributed by atoms with van der Waals surface area (Å²) in [6, 6.07) is 17.1. The van der Waals surface area contributed by atoms with Gasteiger partial charge < -0.3 is 4.42 Å². The van der Waals surface area contributed by atoms with Gasteiger partial charge in [-0.25, -0.2) is 4.98 Å². The van der Waals surface area contributed by atoms with Crippen molar-refractivity contribution in [3.8, 4) is 11.3 Å². The van der Waals surface area contributed by atoms with Crippen molar-refractivity contribution >= 4 is 21.9 Å². The number of rotatable bonds is 2. The summed E-state index contributed by atoms with van der Waals surface area (Å²) in [4.78, 5) is 5.06. The molecule has 26 heavy (non-hydrogen) atoms. The van der Waals surface area contributed by atoms with Gasteiger partial charge in [0.25, 0.3) is 0 Å². The van der Waals surface area contributed by atoms with Crippen LogP contribution in [0.5, 0.6) is 0 Å². The lowest BCUT2D eigenvalue weighted by atomic mass is 9.84. The van der Waals surface area contributed by atoms with E-state index >= 15 is 0 Å². The molecule has 0 aliphatic carbocycles. The van der Waals surface area contributed by atoms with E-state index in [-0.39, 0.29) is 5.41 Å². The zero-order valence-electron chi connectivity index (χ0n) is 16.2. The van der Waals surface area contributed by atoms with Crippen molar-refractivity contribution in [3.63, 3.8) is 0 Å². The number of hydrogen-bond acceptors (Lipinski definition) is 2. The van der Waals surface area contributed by atoms with Crippen LogP contribution in [0, 0.1) is 6.92 Å². The summed E-state index contributed by atoms with van der Waals surface area (Å²) in [7, 11) is 0. The molecule has 132 valence electrons. The Morgan fingerprint density at radius 3 is 2.50 bits per heavy atom. The van der Waals surface area contributed by atoms with Gasteiger partial charge in [0.2, 0.25) is 0 Å². The number of hydrogen-bond donors (Lipinski definition) is 0. The van der Waals surface area contributed by atoms with Crippen LogP contribution in [-0.4, -0.2) is 4.98 Å². The second kappa shape index (κ2) is 5.98. The van der Waals surface area contributed by atoms with Gasteiger partial charge in [0.05, 0.1) is 11.2 Å². The van der Waals surface area contributed by atoms with E-state index in [4.69, 9.17) is 9.40 Å². The molecular weight excluding hydrogens is 318 g/mol. The van der Waals surface area contributed by atoms with Gasteiger partial charge in [-0.15, -0.1) is 0 Å². The van der Waals surface area contributed by atoms with E-state index in [1.54, 1.807) is 0 Å². The van der Waals surface area contributed by atoms with Crippen molar-refractivity contribution in [3.05, 3.63) is 65.4 Å². The molecule has 0 atom stereocenters. The number of furan rings is 1. The Kier molecular flexibility index (Phi) is 3.87. The zero-order valence-corrected chi connectivity index (χ0v) is 16.2. The van der Waals surface area contributed by atoms with Crippen LogP contribution < -0.4 is 0 Å². The molecule has 0 aliphatic rings. The Morgan fingerprint density at radius 2 is 1.77 bits per heavy atom. The summed E-state index contributed by atoms with van der Waals surface area (Å²) in [5, 5.41) is 2.34. The maximum Gasteiger partial charge on any atom is 0.134 e. The van der Waals surface area contributed by atoms with Gasteiger partial charge in [-0.2, -0.15) is 0 Å². The summed E-state index contributed by atoms with van der Waals surface area (Å²) in [5.74, 6) is 0.919. The highest BCUT2D eigenvalue weighted by Crippen LogP contribution is 2.35. The standard InChI is InChI=1S/C24H25NO/c1-6-16-13-18(24(3,4)5)14-17-11-12-20(25-23(16)17)22-15(2)26-21-10-8-7-9-19(21)22/h7-14H,6H2,1-5H3. The molecule has 2 aromatic heterocycles. The molecule has 0 N–H and O–H groups in total. The van der Waals surface area contributed by atoms with E-state index in [2.05, 4.69) is 64.1 Å². The molecule has 0 radical (unpaired) electrons. The van der Waals surface area contributed by atoms with Crippen LogP contribution in [-0.2, 0) is 11.8 Å². The first-order valence-electron chi connectivity index (χ1n) is 9.31.